The van der Waals surface area contributed by atoms with Gasteiger partial charge in [-0.3, -0.25) is 4.79 Å². The van der Waals surface area contributed by atoms with E-state index in [1.807, 2.05) is 0 Å². The summed E-state index contributed by atoms with van der Waals surface area (Å²) in [5.41, 5.74) is 2.01. The van der Waals surface area contributed by atoms with E-state index in [4.69, 9.17) is 5.26 Å². The second kappa shape index (κ2) is 5.19. The molecule has 0 aromatic heterocycles. The lowest BCUT2D eigenvalue weighted by Gasteiger charge is -2.32. The SMILES string of the molecule is CC(=O)c1ccc(C#N)cc1N1CCC(O)CC1. The quantitative estimate of drug-likeness (QED) is 0.804. The van der Waals surface area contributed by atoms with Gasteiger partial charge in [-0.1, -0.05) is 0 Å². The summed E-state index contributed by atoms with van der Waals surface area (Å²) in [5, 5.41) is 18.4. The molecular formula is C14H16N2O2. The summed E-state index contributed by atoms with van der Waals surface area (Å²) in [4.78, 5) is 13.7. The first-order chi connectivity index (χ1) is 8.61. The van der Waals surface area contributed by atoms with E-state index in [2.05, 4.69) is 11.0 Å². The van der Waals surface area contributed by atoms with Crippen molar-refractivity contribution in [1.82, 2.24) is 0 Å². The van der Waals surface area contributed by atoms with E-state index in [1.54, 1.807) is 18.2 Å². The van der Waals surface area contributed by atoms with Crippen molar-refractivity contribution in [1.29, 1.82) is 5.26 Å². The van der Waals surface area contributed by atoms with Crippen LogP contribution >= 0.6 is 0 Å². The molecule has 0 radical (unpaired) electrons. The first kappa shape index (κ1) is 12.6. The molecule has 1 fully saturated rings. The number of Topliss-reactive ketones (excluding diaryl/α,β-unsaturated/α-hetero) is 1. The molecule has 1 saturated heterocycles. The van der Waals surface area contributed by atoms with Crippen LogP contribution in [-0.2, 0) is 0 Å². The molecule has 4 nitrogen and oxygen atoms in total. The molecule has 0 unspecified atom stereocenters. The Morgan fingerprint density at radius 2 is 2.11 bits per heavy atom. The van der Waals surface area contributed by atoms with Crippen LogP contribution in [0.5, 0.6) is 0 Å². The minimum absolute atomic E-state index is 0.000566. The van der Waals surface area contributed by atoms with Crippen LogP contribution in [0.2, 0.25) is 0 Å². The van der Waals surface area contributed by atoms with Crippen LogP contribution in [0.25, 0.3) is 0 Å². The maximum Gasteiger partial charge on any atom is 0.161 e. The van der Waals surface area contributed by atoms with Gasteiger partial charge in [0.1, 0.15) is 0 Å². The van der Waals surface area contributed by atoms with Gasteiger partial charge in [-0.2, -0.15) is 5.26 Å². The number of aliphatic hydroxyl groups is 1. The fourth-order valence-electron chi connectivity index (χ4n) is 2.27. The van der Waals surface area contributed by atoms with Gasteiger partial charge in [0.25, 0.3) is 0 Å². The molecular weight excluding hydrogens is 228 g/mol. The van der Waals surface area contributed by atoms with Gasteiger partial charge >= 0.3 is 0 Å². The predicted octanol–water partition coefficient (Wildman–Crippen LogP) is 1.72. The molecule has 1 aromatic rings. The summed E-state index contributed by atoms with van der Waals surface area (Å²) in [6.07, 6.45) is 1.16. The van der Waals surface area contributed by atoms with Crippen LogP contribution in [0.3, 0.4) is 0 Å². The average Bonchev–Trinajstić information content (AvgIpc) is 2.38. The number of hydrogen-bond acceptors (Lipinski definition) is 4. The molecule has 1 aromatic carbocycles. The molecule has 0 amide bonds. The smallest absolute Gasteiger partial charge is 0.161 e. The van der Waals surface area contributed by atoms with Gasteiger partial charge in [0.05, 0.1) is 17.7 Å². The second-order valence-electron chi connectivity index (χ2n) is 4.62. The minimum atomic E-state index is -0.249. The molecule has 0 saturated carbocycles. The third-order valence-electron chi connectivity index (χ3n) is 3.31. The molecule has 1 heterocycles. The first-order valence-corrected chi connectivity index (χ1v) is 6.10. The van der Waals surface area contributed by atoms with Gasteiger partial charge in [0, 0.05) is 24.3 Å². The predicted molar refractivity (Wildman–Crippen MR) is 68.6 cm³/mol. The molecule has 0 atom stereocenters. The maximum absolute atomic E-state index is 11.6. The second-order valence-corrected chi connectivity index (χ2v) is 4.62. The topological polar surface area (TPSA) is 64.3 Å². The van der Waals surface area contributed by atoms with Crippen molar-refractivity contribution < 1.29 is 9.90 Å². The monoisotopic (exact) mass is 244 g/mol. The van der Waals surface area contributed by atoms with E-state index in [0.29, 0.717) is 24.0 Å². The number of nitrogens with zero attached hydrogens (tertiary/aromatic N) is 2. The van der Waals surface area contributed by atoms with Crippen molar-refractivity contribution in [2.45, 2.75) is 25.9 Å². The highest BCUT2D eigenvalue weighted by Crippen LogP contribution is 2.26. The largest absolute Gasteiger partial charge is 0.393 e. The molecule has 0 bridgehead atoms. The molecule has 0 aliphatic carbocycles. The Morgan fingerprint density at radius 3 is 2.67 bits per heavy atom. The van der Waals surface area contributed by atoms with Crippen LogP contribution in [0.4, 0.5) is 5.69 Å². The lowest BCUT2D eigenvalue weighted by molar-refractivity contribution is 0.101. The minimum Gasteiger partial charge on any atom is -0.393 e. The summed E-state index contributed by atoms with van der Waals surface area (Å²) >= 11 is 0. The van der Waals surface area contributed by atoms with Gasteiger partial charge in [-0.15, -0.1) is 0 Å². The molecule has 1 N–H and O–H groups in total. The standard InChI is InChI=1S/C14H16N2O2/c1-10(17)13-3-2-11(9-15)8-14(13)16-6-4-12(18)5-7-16/h2-3,8,12,18H,4-7H2,1H3. The highest BCUT2D eigenvalue weighted by Gasteiger charge is 2.20. The van der Waals surface area contributed by atoms with Gasteiger partial charge < -0.3 is 10.0 Å². The highest BCUT2D eigenvalue weighted by atomic mass is 16.3. The summed E-state index contributed by atoms with van der Waals surface area (Å²) in [6.45, 7) is 2.97. The Hall–Kier alpha value is -1.86. The normalized spacial score (nSPS) is 16.4. The third kappa shape index (κ3) is 2.52. The van der Waals surface area contributed by atoms with Crippen molar-refractivity contribution in [2.75, 3.05) is 18.0 Å². The number of benzene rings is 1. The van der Waals surface area contributed by atoms with Crippen LogP contribution in [0, 0.1) is 11.3 Å². The molecule has 94 valence electrons. The lowest BCUT2D eigenvalue weighted by atomic mass is 10.0. The summed E-state index contributed by atoms with van der Waals surface area (Å²) in [7, 11) is 0. The third-order valence-corrected chi connectivity index (χ3v) is 3.31. The Kier molecular flexibility index (Phi) is 3.63. The van der Waals surface area contributed by atoms with Gasteiger partial charge in [0.15, 0.2) is 5.78 Å². The first-order valence-electron chi connectivity index (χ1n) is 6.10. The van der Waals surface area contributed by atoms with E-state index in [1.165, 1.54) is 6.92 Å². The number of aliphatic hydroxyl groups excluding tert-OH is 1. The number of nitriles is 1. The fourth-order valence-corrected chi connectivity index (χ4v) is 2.27. The molecule has 1 aliphatic heterocycles. The van der Waals surface area contributed by atoms with Gasteiger partial charge in [-0.05, 0) is 38.0 Å². The summed E-state index contributed by atoms with van der Waals surface area (Å²) < 4.78 is 0. The number of piperidine rings is 1. The van der Waals surface area contributed by atoms with Crippen LogP contribution < -0.4 is 4.90 Å². The van der Waals surface area contributed by atoms with E-state index >= 15 is 0 Å². The number of carbonyl (C=O) groups is 1. The van der Waals surface area contributed by atoms with Crippen molar-refractivity contribution in [2.24, 2.45) is 0 Å². The van der Waals surface area contributed by atoms with Crippen molar-refractivity contribution in [3.8, 4) is 6.07 Å². The number of hydrogen-bond donors (Lipinski definition) is 1. The van der Waals surface area contributed by atoms with Gasteiger partial charge in [-0.25, -0.2) is 0 Å². The Balaban J connectivity index is 2.35. The Morgan fingerprint density at radius 1 is 1.44 bits per heavy atom. The van der Waals surface area contributed by atoms with Gasteiger partial charge in [0.2, 0.25) is 0 Å². The Labute approximate surface area is 106 Å². The van der Waals surface area contributed by atoms with E-state index in [0.717, 1.165) is 18.8 Å². The van der Waals surface area contributed by atoms with Crippen molar-refractivity contribution >= 4 is 11.5 Å². The van der Waals surface area contributed by atoms with E-state index < -0.39 is 0 Å². The zero-order chi connectivity index (χ0) is 13.1. The molecule has 18 heavy (non-hydrogen) atoms. The maximum atomic E-state index is 11.6. The number of anilines is 1. The van der Waals surface area contributed by atoms with Crippen LogP contribution in [0.1, 0.15) is 35.7 Å². The number of carbonyl (C=O) groups excluding carboxylic acids is 1. The highest BCUT2D eigenvalue weighted by molar-refractivity contribution is 6.00. The van der Waals surface area contributed by atoms with Crippen LogP contribution in [-0.4, -0.2) is 30.1 Å². The molecule has 4 heteroatoms. The van der Waals surface area contributed by atoms with Crippen molar-refractivity contribution in [3.05, 3.63) is 29.3 Å². The zero-order valence-corrected chi connectivity index (χ0v) is 10.4. The average molecular weight is 244 g/mol. The van der Waals surface area contributed by atoms with Crippen molar-refractivity contribution in [3.63, 3.8) is 0 Å². The number of rotatable bonds is 2. The molecule has 2 rings (SSSR count). The summed E-state index contributed by atoms with van der Waals surface area (Å²) in [6, 6.07) is 7.23. The van der Waals surface area contributed by atoms with E-state index in [-0.39, 0.29) is 11.9 Å². The lowest BCUT2D eigenvalue weighted by Crippen LogP contribution is -2.36. The molecule has 0 spiro atoms. The molecule has 1 aliphatic rings. The number of ketones is 1. The van der Waals surface area contributed by atoms with Crippen LogP contribution in [0.15, 0.2) is 18.2 Å². The zero-order valence-electron chi connectivity index (χ0n) is 10.4. The fraction of sp³-hybridized carbons (Fsp3) is 0.429. The Bertz CT molecular complexity index is 497. The summed E-state index contributed by atoms with van der Waals surface area (Å²) in [5.74, 6) is 0.000566. The van der Waals surface area contributed by atoms with E-state index in [9.17, 15) is 9.90 Å².